The molecule has 0 atom stereocenters. The Morgan fingerprint density at radius 2 is 1.38 bits per heavy atom. The van der Waals surface area contributed by atoms with Gasteiger partial charge in [-0.2, -0.15) is 0 Å². The molecule has 2 rings (SSSR count). The third kappa shape index (κ3) is 6.47. The maximum atomic E-state index is 11.8. The van der Waals surface area contributed by atoms with Gasteiger partial charge in [0, 0.05) is 12.1 Å². The van der Waals surface area contributed by atoms with E-state index >= 15 is 0 Å². The van der Waals surface area contributed by atoms with Crippen molar-refractivity contribution in [1.82, 2.24) is 0 Å². The normalized spacial score (nSPS) is 10.1. The molecule has 0 unspecified atom stereocenters. The SMILES string of the molecule is CCOC(=O)CCC(=O)Nc1ccc(Oc2ccc(OCC)cc2)cc1. The molecule has 6 heteroatoms. The van der Waals surface area contributed by atoms with Crippen LogP contribution < -0.4 is 14.8 Å². The topological polar surface area (TPSA) is 73.9 Å². The van der Waals surface area contributed by atoms with E-state index in [4.69, 9.17) is 14.2 Å². The molecule has 0 fully saturated rings. The molecule has 0 heterocycles. The monoisotopic (exact) mass is 357 g/mol. The highest BCUT2D eigenvalue weighted by molar-refractivity contribution is 5.92. The van der Waals surface area contributed by atoms with Crippen LogP contribution in [0.4, 0.5) is 5.69 Å². The number of carbonyl (C=O) groups excluding carboxylic acids is 2. The zero-order valence-electron chi connectivity index (χ0n) is 15.0. The van der Waals surface area contributed by atoms with Crippen molar-refractivity contribution in [2.45, 2.75) is 26.7 Å². The molecule has 1 N–H and O–H groups in total. The molecule has 0 bridgehead atoms. The zero-order chi connectivity index (χ0) is 18.8. The Morgan fingerprint density at radius 3 is 1.96 bits per heavy atom. The molecule has 0 saturated heterocycles. The maximum Gasteiger partial charge on any atom is 0.306 e. The minimum atomic E-state index is -0.373. The largest absolute Gasteiger partial charge is 0.494 e. The van der Waals surface area contributed by atoms with Crippen molar-refractivity contribution < 1.29 is 23.8 Å². The van der Waals surface area contributed by atoms with Gasteiger partial charge in [-0.15, -0.1) is 0 Å². The van der Waals surface area contributed by atoms with E-state index in [0.29, 0.717) is 30.4 Å². The van der Waals surface area contributed by atoms with E-state index in [1.165, 1.54) is 0 Å². The third-order valence-electron chi connectivity index (χ3n) is 3.37. The number of ether oxygens (including phenoxy) is 3. The lowest BCUT2D eigenvalue weighted by atomic mass is 10.2. The van der Waals surface area contributed by atoms with Crippen molar-refractivity contribution in [3.05, 3.63) is 48.5 Å². The van der Waals surface area contributed by atoms with E-state index in [2.05, 4.69) is 5.32 Å². The van der Waals surface area contributed by atoms with Gasteiger partial charge in [-0.3, -0.25) is 9.59 Å². The Morgan fingerprint density at radius 1 is 0.808 bits per heavy atom. The van der Waals surface area contributed by atoms with Gasteiger partial charge in [-0.1, -0.05) is 0 Å². The second-order valence-electron chi connectivity index (χ2n) is 5.38. The predicted molar refractivity (Wildman–Crippen MR) is 98.6 cm³/mol. The van der Waals surface area contributed by atoms with Gasteiger partial charge in [0.15, 0.2) is 0 Å². The van der Waals surface area contributed by atoms with Gasteiger partial charge in [0.05, 0.1) is 19.6 Å². The Bertz CT molecular complexity index is 710. The molecule has 2 aromatic carbocycles. The minimum Gasteiger partial charge on any atom is -0.494 e. The van der Waals surface area contributed by atoms with E-state index < -0.39 is 0 Å². The van der Waals surface area contributed by atoms with Crippen LogP contribution in [0.25, 0.3) is 0 Å². The molecule has 2 aromatic rings. The van der Waals surface area contributed by atoms with E-state index in [1.807, 2.05) is 31.2 Å². The number of hydrogen-bond acceptors (Lipinski definition) is 5. The van der Waals surface area contributed by atoms with Gasteiger partial charge in [0.1, 0.15) is 17.2 Å². The van der Waals surface area contributed by atoms with Crippen LogP contribution in [-0.4, -0.2) is 25.1 Å². The second kappa shape index (κ2) is 10.1. The lowest BCUT2D eigenvalue weighted by Crippen LogP contribution is -2.14. The number of esters is 1. The molecule has 0 saturated carbocycles. The first kappa shape index (κ1) is 19.3. The second-order valence-corrected chi connectivity index (χ2v) is 5.38. The molecule has 0 aliphatic heterocycles. The van der Waals surface area contributed by atoms with Crippen molar-refractivity contribution in [2.75, 3.05) is 18.5 Å². The highest BCUT2D eigenvalue weighted by Gasteiger charge is 2.08. The summed E-state index contributed by atoms with van der Waals surface area (Å²) >= 11 is 0. The summed E-state index contributed by atoms with van der Waals surface area (Å²) in [6.45, 7) is 4.60. The lowest BCUT2D eigenvalue weighted by molar-refractivity contribution is -0.144. The molecule has 0 aliphatic rings. The maximum absolute atomic E-state index is 11.8. The van der Waals surface area contributed by atoms with Gasteiger partial charge in [-0.05, 0) is 62.4 Å². The molecular formula is C20H23NO5. The van der Waals surface area contributed by atoms with E-state index in [-0.39, 0.29) is 24.7 Å². The highest BCUT2D eigenvalue weighted by Crippen LogP contribution is 2.25. The summed E-state index contributed by atoms with van der Waals surface area (Å²) in [6, 6.07) is 14.4. The van der Waals surface area contributed by atoms with E-state index in [9.17, 15) is 9.59 Å². The van der Waals surface area contributed by atoms with Gasteiger partial charge in [0.2, 0.25) is 5.91 Å². The van der Waals surface area contributed by atoms with Crippen LogP contribution in [0.2, 0.25) is 0 Å². The molecule has 6 nitrogen and oxygen atoms in total. The van der Waals surface area contributed by atoms with Crippen molar-refractivity contribution >= 4 is 17.6 Å². The van der Waals surface area contributed by atoms with Gasteiger partial charge < -0.3 is 19.5 Å². The first-order valence-corrected chi connectivity index (χ1v) is 8.57. The number of benzene rings is 2. The van der Waals surface area contributed by atoms with Crippen LogP contribution in [0.5, 0.6) is 17.2 Å². The summed E-state index contributed by atoms with van der Waals surface area (Å²) in [5.41, 5.74) is 0.637. The summed E-state index contributed by atoms with van der Waals surface area (Å²) in [5.74, 6) is 1.53. The van der Waals surface area contributed by atoms with Crippen LogP contribution in [0.3, 0.4) is 0 Å². The first-order valence-electron chi connectivity index (χ1n) is 8.57. The van der Waals surface area contributed by atoms with E-state index in [0.717, 1.165) is 5.75 Å². The highest BCUT2D eigenvalue weighted by atomic mass is 16.5. The smallest absolute Gasteiger partial charge is 0.306 e. The quantitative estimate of drug-likeness (QED) is 0.682. The first-order chi connectivity index (χ1) is 12.6. The minimum absolute atomic E-state index is 0.0681. The fraction of sp³-hybridized carbons (Fsp3) is 0.300. The number of anilines is 1. The Hall–Kier alpha value is -3.02. The Kier molecular flexibility index (Phi) is 7.49. The van der Waals surface area contributed by atoms with Gasteiger partial charge >= 0.3 is 5.97 Å². The molecule has 0 radical (unpaired) electrons. The van der Waals surface area contributed by atoms with Crippen LogP contribution in [0, 0.1) is 0 Å². The summed E-state index contributed by atoms with van der Waals surface area (Å²) < 4.78 is 15.9. The molecule has 0 spiro atoms. The third-order valence-corrected chi connectivity index (χ3v) is 3.37. The summed E-state index contributed by atoms with van der Waals surface area (Å²) in [4.78, 5) is 23.1. The Labute approximate surface area is 153 Å². The fourth-order valence-corrected chi connectivity index (χ4v) is 2.19. The average Bonchev–Trinajstić information content (AvgIpc) is 2.64. The van der Waals surface area contributed by atoms with Gasteiger partial charge in [0.25, 0.3) is 0 Å². The molecule has 1 amide bonds. The standard InChI is InChI=1S/C20H23NO5/c1-3-24-16-9-11-18(12-10-16)26-17-7-5-15(6-8-17)21-19(22)13-14-20(23)25-4-2/h5-12H,3-4,13-14H2,1-2H3,(H,21,22). The molecule has 138 valence electrons. The molecule has 26 heavy (non-hydrogen) atoms. The van der Waals surface area contributed by atoms with Crippen molar-refractivity contribution in [1.29, 1.82) is 0 Å². The van der Waals surface area contributed by atoms with Crippen LogP contribution >= 0.6 is 0 Å². The fourth-order valence-electron chi connectivity index (χ4n) is 2.19. The molecular weight excluding hydrogens is 334 g/mol. The van der Waals surface area contributed by atoms with Crippen molar-refractivity contribution in [3.8, 4) is 17.2 Å². The lowest BCUT2D eigenvalue weighted by Gasteiger charge is -2.09. The number of hydrogen-bond donors (Lipinski definition) is 1. The number of nitrogens with one attached hydrogen (secondary N) is 1. The predicted octanol–water partition coefficient (Wildman–Crippen LogP) is 4.16. The molecule has 0 aromatic heterocycles. The number of carbonyl (C=O) groups is 2. The zero-order valence-corrected chi connectivity index (χ0v) is 15.0. The number of rotatable bonds is 9. The summed E-state index contributed by atoms with van der Waals surface area (Å²) in [6.07, 6.45) is 0.155. The average molecular weight is 357 g/mol. The van der Waals surface area contributed by atoms with Crippen LogP contribution in [0.15, 0.2) is 48.5 Å². The van der Waals surface area contributed by atoms with Crippen LogP contribution in [-0.2, 0) is 14.3 Å². The van der Waals surface area contributed by atoms with Crippen molar-refractivity contribution in [3.63, 3.8) is 0 Å². The Balaban J connectivity index is 1.83. The summed E-state index contributed by atoms with van der Waals surface area (Å²) in [7, 11) is 0. The molecule has 0 aliphatic carbocycles. The van der Waals surface area contributed by atoms with E-state index in [1.54, 1.807) is 31.2 Å². The number of amides is 1. The van der Waals surface area contributed by atoms with Crippen molar-refractivity contribution in [2.24, 2.45) is 0 Å². The summed E-state index contributed by atoms with van der Waals surface area (Å²) in [5, 5.41) is 2.73. The van der Waals surface area contributed by atoms with Gasteiger partial charge in [-0.25, -0.2) is 0 Å². The van der Waals surface area contributed by atoms with Crippen LogP contribution in [0.1, 0.15) is 26.7 Å².